The summed E-state index contributed by atoms with van der Waals surface area (Å²) in [5.74, 6) is 0.414. The van der Waals surface area contributed by atoms with Gasteiger partial charge >= 0.3 is 0 Å². The van der Waals surface area contributed by atoms with Crippen LogP contribution in [-0.4, -0.2) is 31.6 Å². The Morgan fingerprint density at radius 1 is 1.16 bits per heavy atom. The number of ether oxygens (including phenoxy) is 1. The van der Waals surface area contributed by atoms with Crippen LogP contribution in [0.25, 0.3) is 0 Å². The molecule has 0 bridgehead atoms. The standard InChI is InChI=1S/C22H26N4O4S/c1-14(2)11-17-12-19(25-24-17)22(27)23-16-10-9-15(3)21(13-16)31(28,29)26-18-7-5-6-8-20(18)30-4/h5-10,12-14,26H,11H2,1-4H3,(H,23,27)(H,24,25). The average molecular weight is 443 g/mol. The molecule has 0 aliphatic carbocycles. The minimum atomic E-state index is -3.91. The Morgan fingerprint density at radius 2 is 1.90 bits per heavy atom. The van der Waals surface area contributed by atoms with Gasteiger partial charge in [0.05, 0.1) is 17.7 Å². The molecule has 0 saturated carbocycles. The number of anilines is 2. The smallest absolute Gasteiger partial charge is 0.276 e. The second-order valence-corrected chi connectivity index (χ2v) is 9.27. The van der Waals surface area contributed by atoms with Crippen LogP contribution in [0, 0.1) is 12.8 Å². The maximum atomic E-state index is 13.0. The summed E-state index contributed by atoms with van der Waals surface area (Å²) >= 11 is 0. The average Bonchev–Trinajstić information content (AvgIpc) is 3.17. The third kappa shape index (κ3) is 5.43. The Bertz CT molecular complexity index is 1190. The maximum absolute atomic E-state index is 13.0. The molecule has 0 unspecified atom stereocenters. The van der Waals surface area contributed by atoms with E-state index >= 15 is 0 Å². The van der Waals surface area contributed by atoms with Crippen LogP contribution in [0.5, 0.6) is 5.75 Å². The van der Waals surface area contributed by atoms with Crippen LogP contribution < -0.4 is 14.8 Å². The number of amides is 1. The zero-order valence-electron chi connectivity index (χ0n) is 17.9. The molecule has 0 aliphatic rings. The highest BCUT2D eigenvalue weighted by Gasteiger charge is 2.20. The topological polar surface area (TPSA) is 113 Å². The predicted molar refractivity (Wildman–Crippen MR) is 120 cm³/mol. The van der Waals surface area contributed by atoms with Crippen LogP contribution in [0.15, 0.2) is 53.4 Å². The van der Waals surface area contributed by atoms with Crippen molar-refractivity contribution in [1.82, 2.24) is 10.2 Å². The second kappa shape index (κ2) is 9.22. The number of aromatic nitrogens is 2. The molecule has 31 heavy (non-hydrogen) atoms. The number of benzene rings is 2. The lowest BCUT2D eigenvalue weighted by Crippen LogP contribution is -2.16. The third-order valence-electron chi connectivity index (χ3n) is 4.58. The summed E-state index contributed by atoms with van der Waals surface area (Å²) < 4.78 is 33.8. The summed E-state index contributed by atoms with van der Waals surface area (Å²) in [7, 11) is -2.44. The molecular weight excluding hydrogens is 416 g/mol. The molecule has 1 amide bonds. The van der Waals surface area contributed by atoms with Crippen molar-refractivity contribution in [1.29, 1.82) is 0 Å². The van der Waals surface area contributed by atoms with Gasteiger partial charge in [-0.3, -0.25) is 14.6 Å². The van der Waals surface area contributed by atoms with Gasteiger partial charge in [0.15, 0.2) is 5.69 Å². The van der Waals surface area contributed by atoms with E-state index in [4.69, 9.17) is 4.74 Å². The van der Waals surface area contributed by atoms with E-state index in [-0.39, 0.29) is 10.6 Å². The fourth-order valence-electron chi connectivity index (χ4n) is 3.11. The lowest BCUT2D eigenvalue weighted by molar-refractivity contribution is 0.102. The molecule has 8 nitrogen and oxygen atoms in total. The van der Waals surface area contributed by atoms with Crippen molar-refractivity contribution in [3.63, 3.8) is 0 Å². The summed E-state index contributed by atoms with van der Waals surface area (Å²) in [6.45, 7) is 5.84. The first-order valence-electron chi connectivity index (χ1n) is 9.81. The Morgan fingerprint density at radius 3 is 2.61 bits per heavy atom. The van der Waals surface area contributed by atoms with E-state index in [9.17, 15) is 13.2 Å². The maximum Gasteiger partial charge on any atom is 0.276 e. The van der Waals surface area contributed by atoms with Crippen LogP contribution in [0.4, 0.5) is 11.4 Å². The highest BCUT2D eigenvalue weighted by Crippen LogP contribution is 2.28. The lowest BCUT2D eigenvalue weighted by atomic mass is 10.1. The molecule has 9 heteroatoms. The molecule has 3 rings (SSSR count). The first-order chi connectivity index (χ1) is 14.7. The van der Waals surface area contributed by atoms with Crippen molar-refractivity contribution in [2.75, 3.05) is 17.1 Å². The molecule has 0 fully saturated rings. The number of methoxy groups -OCH3 is 1. The van der Waals surface area contributed by atoms with Gasteiger partial charge in [-0.15, -0.1) is 0 Å². The van der Waals surface area contributed by atoms with E-state index < -0.39 is 15.9 Å². The van der Waals surface area contributed by atoms with Crippen molar-refractivity contribution < 1.29 is 17.9 Å². The van der Waals surface area contributed by atoms with Crippen LogP contribution in [-0.2, 0) is 16.4 Å². The summed E-state index contributed by atoms with van der Waals surface area (Å²) in [5, 5.41) is 9.62. The monoisotopic (exact) mass is 442 g/mol. The highest BCUT2D eigenvalue weighted by atomic mass is 32.2. The summed E-state index contributed by atoms with van der Waals surface area (Å²) in [6.07, 6.45) is 0.780. The van der Waals surface area contributed by atoms with E-state index in [1.807, 2.05) is 0 Å². The van der Waals surface area contributed by atoms with Crippen molar-refractivity contribution in [3.05, 3.63) is 65.5 Å². The molecule has 0 aliphatic heterocycles. The highest BCUT2D eigenvalue weighted by molar-refractivity contribution is 7.92. The van der Waals surface area contributed by atoms with Crippen molar-refractivity contribution in [2.45, 2.75) is 32.1 Å². The lowest BCUT2D eigenvalue weighted by Gasteiger charge is -2.14. The molecule has 2 aromatic carbocycles. The number of aromatic amines is 1. The van der Waals surface area contributed by atoms with Crippen LogP contribution in [0.1, 0.15) is 35.6 Å². The minimum absolute atomic E-state index is 0.0544. The number of rotatable bonds is 8. The number of sulfonamides is 1. The molecule has 1 aromatic heterocycles. The molecule has 0 radical (unpaired) electrons. The molecule has 1 heterocycles. The van der Waals surface area contributed by atoms with Gasteiger partial charge in [0.25, 0.3) is 15.9 Å². The Balaban J connectivity index is 1.82. The summed E-state index contributed by atoms with van der Waals surface area (Å²) in [5.41, 5.74) is 2.33. The Kier molecular flexibility index (Phi) is 6.65. The third-order valence-corrected chi connectivity index (χ3v) is 6.09. The molecule has 0 saturated heterocycles. The van der Waals surface area contributed by atoms with Gasteiger partial charge in [0, 0.05) is 11.4 Å². The van der Waals surface area contributed by atoms with E-state index in [1.54, 1.807) is 49.4 Å². The fraction of sp³-hybridized carbons (Fsp3) is 0.273. The SMILES string of the molecule is COc1ccccc1NS(=O)(=O)c1cc(NC(=O)c2cc(CC(C)C)[nH]n2)ccc1C. The van der Waals surface area contributed by atoms with Crippen molar-refractivity contribution in [3.8, 4) is 5.75 Å². The summed E-state index contributed by atoms with van der Waals surface area (Å²) in [6, 6.07) is 13.2. The molecule has 0 atom stereocenters. The number of hydrogen-bond acceptors (Lipinski definition) is 5. The molecular formula is C22H26N4O4S. The first-order valence-corrected chi connectivity index (χ1v) is 11.3. The quantitative estimate of drug-likeness (QED) is 0.488. The number of hydrogen-bond donors (Lipinski definition) is 3. The number of carbonyl (C=O) groups is 1. The Labute approximate surface area is 182 Å². The van der Waals surface area contributed by atoms with E-state index in [0.29, 0.717) is 28.6 Å². The number of para-hydroxylation sites is 2. The van der Waals surface area contributed by atoms with Gasteiger partial charge in [0.2, 0.25) is 0 Å². The van der Waals surface area contributed by atoms with Gasteiger partial charge in [-0.2, -0.15) is 5.10 Å². The predicted octanol–water partition coefficient (Wildman–Crippen LogP) is 3.98. The van der Waals surface area contributed by atoms with Crippen molar-refractivity contribution in [2.24, 2.45) is 5.92 Å². The van der Waals surface area contributed by atoms with Gasteiger partial charge in [-0.25, -0.2) is 8.42 Å². The van der Waals surface area contributed by atoms with Gasteiger partial charge < -0.3 is 10.1 Å². The molecule has 164 valence electrons. The number of H-pyrrole nitrogens is 1. The van der Waals surface area contributed by atoms with E-state index in [1.165, 1.54) is 13.2 Å². The van der Waals surface area contributed by atoms with Crippen LogP contribution in [0.3, 0.4) is 0 Å². The zero-order chi connectivity index (χ0) is 22.6. The van der Waals surface area contributed by atoms with Gasteiger partial charge in [-0.05, 0) is 55.2 Å². The van der Waals surface area contributed by atoms with Gasteiger partial charge in [0.1, 0.15) is 5.75 Å². The normalized spacial score (nSPS) is 11.4. The number of carbonyl (C=O) groups excluding carboxylic acids is 1. The number of nitrogens with zero attached hydrogens (tertiary/aromatic N) is 1. The molecule has 0 spiro atoms. The zero-order valence-corrected chi connectivity index (χ0v) is 18.7. The van der Waals surface area contributed by atoms with E-state index in [2.05, 4.69) is 34.1 Å². The van der Waals surface area contributed by atoms with E-state index in [0.717, 1.165) is 12.1 Å². The first kappa shape index (κ1) is 22.4. The number of aryl methyl sites for hydroxylation is 1. The second-order valence-electron chi connectivity index (χ2n) is 7.62. The van der Waals surface area contributed by atoms with Gasteiger partial charge in [-0.1, -0.05) is 32.0 Å². The van der Waals surface area contributed by atoms with Crippen LogP contribution >= 0.6 is 0 Å². The Hall–Kier alpha value is -3.33. The molecule has 3 N–H and O–H groups in total. The largest absolute Gasteiger partial charge is 0.495 e. The number of nitrogens with one attached hydrogen (secondary N) is 3. The molecule has 3 aromatic rings. The van der Waals surface area contributed by atoms with Crippen molar-refractivity contribution >= 4 is 27.3 Å². The summed E-state index contributed by atoms with van der Waals surface area (Å²) in [4.78, 5) is 12.6. The fourth-order valence-corrected chi connectivity index (χ4v) is 4.46. The van der Waals surface area contributed by atoms with Crippen LogP contribution in [0.2, 0.25) is 0 Å². The minimum Gasteiger partial charge on any atom is -0.495 e.